The average Bonchev–Trinajstić information content (AvgIpc) is 3.51. The van der Waals surface area contributed by atoms with Gasteiger partial charge in [-0.3, -0.25) is 19.1 Å². The fourth-order valence-electron chi connectivity index (χ4n) is 4.94. The number of fused-ring (bicyclic) bond motifs is 5. The molecule has 42 heavy (non-hydrogen) atoms. The van der Waals surface area contributed by atoms with Gasteiger partial charge in [-0.1, -0.05) is 36.5 Å². The zero-order chi connectivity index (χ0) is 30.3. The number of carbonyl (C=O) groups excluding carboxylic acids is 3. The van der Waals surface area contributed by atoms with E-state index in [1.807, 2.05) is 0 Å². The largest absolute Gasteiger partial charge is 0.469 e. The molecule has 10 nitrogen and oxygen atoms in total. The van der Waals surface area contributed by atoms with Gasteiger partial charge in [0.15, 0.2) is 0 Å². The Morgan fingerprint density at radius 1 is 1.21 bits per heavy atom. The first-order chi connectivity index (χ1) is 20.0. The maximum Gasteiger partial charge on any atom is 0.310 e. The SMILES string of the molecule is COC(=O)Cc1cc2c(cc1Cl)-c1nc([nH]c1Cl)[C@@H](NC(=O)c1c(F)cc3c(cnn3C)c1F)CCC[C@H](C)C(=O)N2. The molecule has 5 rings (SSSR count). The quantitative estimate of drug-likeness (QED) is 0.259. The van der Waals surface area contributed by atoms with Crippen LogP contribution >= 0.6 is 23.2 Å². The molecule has 0 unspecified atom stereocenters. The average molecular weight is 619 g/mol. The first-order valence-corrected chi connectivity index (χ1v) is 13.8. The van der Waals surface area contributed by atoms with Gasteiger partial charge in [0.2, 0.25) is 5.91 Å². The first kappa shape index (κ1) is 29.5. The number of anilines is 1. The fourth-order valence-corrected chi connectivity index (χ4v) is 5.41. The molecule has 4 aromatic rings. The van der Waals surface area contributed by atoms with Gasteiger partial charge >= 0.3 is 5.97 Å². The van der Waals surface area contributed by atoms with Gasteiger partial charge in [-0.2, -0.15) is 5.10 Å². The number of ether oxygens (including phenoxy) is 1. The Hall–Kier alpha value is -4.03. The van der Waals surface area contributed by atoms with Crippen LogP contribution in [-0.4, -0.2) is 44.6 Å². The summed E-state index contributed by atoms with van der Waals surface area (Å²) in [7, 11) is 2.80. The number of halogens is 4. The molecule has 3 heterocycles. The number of benzene rings is 2. The van der Waals surface area contributed by atoms with E-state index in [-0.39, 0.29) is 51.3 Å². The van der Waals surface area contributed by atoms with E-state index in [0.717, 1.165) is 6.07 Å². The van der Waals surface area contributed by atoms with Crippen LogP contribution in [0.5, 0.6) is 0 Å². The fraction of sp³-hybridized carbons (Fsp3) is 0.321. The Kier molecular flexibility index (Phi) is 8.20. The molecule has 1 aliphatic heterocycles. The lowest BCUT2D eigenvalue weighted by Gasteiger charge is -2.20. The lowest BCUT2D eigenvalue weighted by molar-refractivity contribution is -0.139. The van der Waals surface area contributed by atoms with E-state index < -0.39 is 41.0 Å². The Labute approximate surface area is 248 Å². The number of rotatable bonds is 4. The van der Waals surface area contributed by atoms with Crippen LogP contribution in [0, 0.1) is 17.6 Å². The van der Waals surface area contributed by atoms with Gasteiger partial charge in [0.05, 0.1) is 42.4 Å². The third-order valence-corrected chi connectivity index (χ3v) is 7.95. The Balaban J connectivity index is 1.55. The first-order valence-electron chi connectivity index (χ1n) is 13.0. The molecular formula is C28H26Cl2F2N6O4. The van der Waals surface area contributed by atoms with E-state index in [1.165, 1.54) is 31.1 Å². The Bertz CT molecular complexity index is 1740. The second-order valence-electron chi connectivity index (χ2n) is 10.1. The zero-order valence-corrected chi connectivity index (χ0v) is 24.3. The highest BCUT2D eigenvalue weighted by Gasteiger charge is 2.29. The van der Waals surface area contributed by atoms with Gasteiger partial charge in [-0.25, -0.2) is 13.8 Å². The number of aromatic nitrogens is 4. The summed E-state index contributed by atoms with van der Waals surface area (Å²) in [6.07, 6.45) is 2.28. The van der Waals surface area contributed by atoms with Crippen LogP contribution in [0.4, 0.5) is 14.5 Å². The number of esters is 1. The summed E-state index contributed by atoms with van der Waals surface area (Å²) >= 11 is 13.0. The molecule has 0 aliphatic carbocycles. The van der Waals surface area contributed by atoms with Crippen molar-refractivity contribution < 1.29 is 27.9 Å². The highest BCUT2D eigenvalue weighted by molar-refractivity contribution is 6.33. The van der Waals surface area contributed by atoms with E-state index in [2.05, 4.69) is 25.7 Å². The van der Waals surface area contributed by atoms with Crippen LogP contribution in [0.25, 0.3) is 22.2 Å². The predicted octanol–water partition coefficient (Wildman–Crippen LogP) is 5.49. The van der Waals surface area contributed by atoms with E-state index in [0.29, 0.717) is 29.7 Å². The van der Waals surface area contributed by atoms with Gasteiger partial charge in [0.1, 0.15) is 33.9 Å². The molecule has 2 amide bonds. The minimum atomic E-state index is -1.04. The number of carbonyl (C=O) groups is 3. The summed E-state index contributed by atoms with van der Waals surface area (Å²) in [4.78, 5) is 45.8. The van der Waals surface area contributed by atoms with Crippen molar-refractivity contribution in [3.8, 4) is 11.3 Å². The summed E-state index contributed by atoms with van der Waals surface area (Å²) in [6.45, 7) is 1.75. The monoisotopic (exact) mass is 618 g/mol. The summed E-state index contributed by atoms with van der Waals surface area (Å²) in [5, 5.41) is 9.81. The molecule has 2 atom stereocenters. The highest BCUT2D eigenvalue weighted by atomic mass is 35.5. The van der Waals surface area contributed by atoms with Crippen LogP contribution in [0.15, 0.2) is 24.4 Å². The van der Waals surface area contributed by atoms with Gasteiger partial charge in [0, 0.05) is 29.6 Å². The van der Waals surface area contributed by atoms with Crippen molar-refractivity contribution in [1.29, 1.82) is 0 Å². The zero-order valence-electron chi connectivity index (χ0n) is 22.8. The molecule has 2 bridgehead atoms. The summed E-state index contributed by atoms with van der Waals surface area (Å²) in [5.41, 5.74) is 0.789. The topological polar surface area (TPSA) is 131 Å². The Morgan fingerprint density at radius 2 is 1.98 bits per heavy atom. The lowest BCUT2D eigenvalue weighted by Crippen LogP contribution is -2.31. The molecule has 0 saturated carbocycles. The van der Waals surface area contributed by atoms with Gasteiger partial charge in [0.25, 0.3) is 5.91 Å². The van der Waals surface area contributed by atoms with Crippen molar-refractivity contribution >= 4 is 57.6 Å². The molecular weight excluding hydrogens is 593 g/mol. The van der Waals surface area contributed by atoms with Crippen molar-refractivity contribution in [2.75, 3.05) is 12.4 Å². The van der Waals surface area contributed by atoms with E-state index in [1.54, 1.807) is 13.0 Å². The van der Waals surface area contributed by atoms with Gasteiger partial charge < -0.3 is 20.4 Å². The molecule has 14 heteroatoms. The number of nitrogens with one attached hydrogen (secondary N) is 3. The van der Waals surface area contributed by atoms with E-state index in [9.17, 15) is 18.8 Å². The number of H-pyrrole nitrogens is 1. The van der Waals surface area contributed by atoms with Gasteiger partial charge in [-0.05, 0) is 30.5 Å². The van der Waals surface area contributed by atoms with Crippen LogP contribution in [0.1, 0.15) is 54.0 Å². The van der Waals surface area contributed by atoms with Gasteiger partial charge in [-0.15, -0.1) is 0 Å². The summed E-state index contributed by atoms with van der Waals surface area (Å²) < 4.78 is 36.3. The second-order valence-corrected chi connectivity index (χ2v) is 10.9. The normalized spacial score (nSPS) is 17.2. The molecule has 0 radical (unpaired) electrons. The maximum absolute atomic E-state index is 15.3. The van der Waals surface area contributed by atoms with Crippen LogP contribution < -0.4 is 10.6 Å². The van der Waals surface area contributed by atoms with Crippen molar-refractivity contribution in [2.24, 2.45) is 13.0 Å². The van der Waals surface area contributed by atoms with Crippen molar-refractivity contribution in [3.05, 3.63) is 63.2 Å². The molecule has 1 aliphatic rings. The Morgan fingerprint density at radius 3 is 2.71 bits per heavy atom. The minimum Gasteiger partial charge on any atom is -0.469 e. The number of amides is 2. The van der Waals surface area contributed by atoms with Crippen LogP contribution in [0.2, 0.25) is 10.2 Å². The molecule has 0 fully saturated rings. The van der Waals surface area contributed by atoms with Crippen molar-refractivity contribution in [3.63, 3.8) is 0 Å². The minimum absolute atomic E-state index is 0.00552. The second kappa shape index (κ2) is 11.7. The van der Waals surface area contributed by atoms with E-state index in [4.69, 9.17) is 27.9 Å². The molecule has 220 valence electrons. The van der Waals surface area contributed by atoms with Crippen LogP contribution in [0.3, 0.4) is 0 Å². The third kappa shape index (κ3) is 5.56. The molecule has 2 aromatic carbocycles. The van der Waals surface area contributed by atoms with Crippen molar-refractivity contribution in [2.45, 2.75) is 38.6 Å². The number of imidazole rings is 1. The van der Waals surface area contributed by atoms with Crippen LogP contribution in [-0.2, 0) is 27.8 Å². The number of methoxy groups -OCH3 is 1. The number of aromatic amines is 1. The highest BCUT2D eigenvalue weighted by Crippen LogP contribution is 2.38. The molecule has 0 spiro atoms. The predicted molar refractivity (Wildman–Crippen MR) is 152 cm³/mol. The lowest BCUT2D eigenvalue weighted by atomic mass is 9.98. The number of nitrogens with zero attached hydrogens (tertiary/aromatic N) is 3. The maximum atomic E-state index is 15.3. The third-order valence-electron chi connectivity index (χ3n) is 7.32. The summed E-state index contributed by atoms with van der Waals surface area (Å²) in [5.74, 6) is -4.05. The number of aryl methyl sites for hydroxylation is 1. The molecule has 0 saturated heterocycles. The number of hydrogen-bond donors (Lipinski definition) is 3. The number of hydrogen-bond acceptors (Lipinski definition) is 6. The smallest absolute Gasteiger partial charge is 0.310 e. The van der Waals surface area contributed by atoms with E-state index >= 15 is 4.39 Å². The molecule has 2 aromatic heterocycles. The van der Waals surface area contributed by atoms with Crippen molar-refractivity contribution in [1.82, 2.24) is 25.1 Å². The standard InChI is InChI=1S/C28H26Cl2F2N6O4/c1-12-5-4-6-18(34-28(41)22-17(31)10-20-15(23(22)32)11-33-38(20)2)26-36-24(25(30)37-26)14-9-16(29)13(8-21(39)42-3)7-19(14)35-27(12)40/h7,9-12,18H,4-6,8H2,1-3H3,(H,34,41)(H,35,40)(H,36,37)/t12-,18-/m0/s1. The summed E-state index contributed by atoms with van der Waals surface area (Å²) in [6, 6.07) is 3.31. The molecule has 3 N–H and O–H groups in total.